The molecule has 0 amide bonds. The van der Waals surface area contributed by atoms with Crippen LogP contribution in [-0.4, -0.2) is 34.2 Å². The summed E-state index contributed by atoms with van der Waals surface area (Å²) in [6, 6.07) is 14.1. The number of guanidine groups is 1. The molecule has 0 aliphatic carbocycles. The van der Waals surface area contributed by atoms with E-state index >= 15 is 0 Å². The maximum absolute atomic E-state index is 13.6. The van der Waals surface area contributed by atoms with Crippen LogP contribution in [0.3, 0.4) is 0 Å². The van der Waals surface area contributed by atoms with Gasteiger partial charge in [-0.2, -0.15) is 0 Å². The van der Waals surface area contributed by atoms with E-state index in [0.29, 0.717) is 31.0 Å². The number of rotatable bonds is 7. The van der Waals surface area contributed by atoms with Gasteiger partial charge in [0.2, 0.25) is 0 Å². The zero-order chi connectivity index (χ0) is 19.0. The van der Waals surface area contributed by atoms with Gasteiger partial charge in [0.05, 0.1) is 5.75 Å². The van der Waals surface area contributed by atoms with Crippen molar-refractivity contribution in [1.82, 2.24) is 10.6 Å². The molecule has 2 rings (SSSR count). The molecule has 0 saturated heterocycles. The number of hydrogen-bond donors (Lipinski definition) is 2. The molecule has 2 aromatic carbocycles. The van der Waals surface area contributed by atoms with Crippen molar-refractivity contribution in [1.29, 1.82) is 0 Å². The molecule has 0 heterocycles. The van der Waals surface area contributed by atoms with Crippen LogP contribution < -0.4 is 10.6 Å². The van der Waals surface area contributed by atoms with E-state index in [0.717, 1.165) is 11.1 Å². The van der Waals surface area contributed by atoms with Crippen LogP contribution in [-0.2, 0) is 28.6 Å². The summed E-state index contributed by atoms with van der Waals surface area (Å²) in [5.74, 6) is 0.466. The summed E-state index contributed by atoms with van der Waals surface area (Å²) in [7, 11) is -1.35. The van der Waals surface area contributed by atoms with Crippen molar-refractivity contribution >= 4 is 39.8 Å². The van der Waals surface area contributed by atoms with E-state index < -0.39 is 9.84 Å². The minimum absolute atomic E-state index is 0. The summed E-state index contributed by atoms with van der Waals surface area (Å²) < 4.78 is 36.2. The smallest absolute Gasteiger partial charge is 0.191 e. The highest BCUT2D eigenvalue weighted by atomic mass is 127. The fourth-order valence-corrected chi connectivity index (χ4v) is 3.28. The van der Waals surface area contributed by atoms with Gasteiger partial charge in [0.15, 0.2) is 15.8 Å². The van der Waals surface area contributed by atoms with Gasteiger partial charge < -0.3 is 10.6 Å². The molecule has 0 spiro atoms. The van der Waals surface area contributed by atoms with E-state index in [4.69, 9.17) is 0 Å². The molecule has 0 radical (unpaired) electrons. The Morgan fingerprint density at radius 1 is 1.04 bits per heavy atom. The predicted octanol–water partition coefficient (Wildman–Crippen LogP) is 2.90. The number of nitrogens with one attached hydrogen (secondary N) is 2. The number of nitrogens with zero attached hydrogens (tertiary/aromatic N) is 1. The number of halogens is 2. The minimum atomic E-state index is -3.03. The van der Waals surface area contributed by atoms with Crippen LogP contribution in [0.2, 0.25) is 0 Å². The van der Waals surface area contributed by atoms with Crippen LogP contribution in [0.25, 0.3) is 0 Å². The lowest BCUT2D eigenvalue weighted by Gasteiger charge is -2.12. The van der Waals surface area contributed by atoms with Crippen LogP contribution >= 0.6 is 24.0 Å². The second-order valence-corrected chi connectivity index (χ2v) is 8.22. The predicted molar refractivity (Wildman–Crippen MR) is 119 cm³/mol. The number of hydrogen-bond acceptors (Lipinski definition) is 3. The second-order valence-electron chi connectivity index (χ2n) is 6.08. The quantitative estimate of drug-likeness (QED) is 0.345. The molecule has 0 aliphatic rings. The maximum atomic E-state index is 13.6. The monoisotopic (exact) mass is 505 g/mol. The molecule has 0 fully saturated rings. The van der Waals surface area contributed by atoms with Gasteiger partial charge in [0.25, 0.3) is 0 Å². The maximum Gasteiger partial charge on any atom is 0.191 e. The molecule has 0 atom stereocenters. The summed E-state index contributed by atoms with van der Waals surface area (Å²) in [4.78, 5) is 4.14. The van der Waals surface area contributed by atoms with Crippen LogP contribution in [0.1, 0.15) is 16.7 Å². The van der Waals surface area contributed by atoms with Crippen molar-refractivity contribution in [2.75, 3.05) is 19.8 Å². The Morgan fingerprint density at radius 3 is 2.26 bits per heavy atom. The van der Waals surface area contributed by atoms with Gasteiger partial charge in [-0.3, -0.25) is 4.99 Å². The normalized spacial score (nSPS) is 11.6. The Balaban J connectivity index is 0.00000364. The summed E-state index contributed by atoms with van der Waals surface area (Å²) in [5, 5.41) is 6.33. The summed E-state index contributed by atoms with van der Waals surface area (Å²) in [6.45, 7) is 1.12. The highest BCUT2D eigenvalue weighted by molar-refractivity contribution is 14.0. The van der Waals surface area contributed by atoms with Crippen LogP contribution in [0, 0.1) is 5.82 Å². The van der Waals surface area contributed by atoms with Crippen molar-refractivity contribution in [3.63, 3.8) is 0 Å². The Bertz CT molecular complexity index is 856. The Hall–Kier alpha value is -1.68. The fraction of sp³-hybridized carbons (Fsp3) is 0.316. The van der Waals surface area contributed by atoms with Gasteiger partial charge in [-0.1, -0.05) is 42.5 Å². The molecule has 27 heavy (non-hydrogen) atoms. The lowest BCUT2D eigenvalue weighted by molar-refractivity contribution is 0.601. The molecule has 0 aromatic heterocycles. The first-order chi connectivity index (χ1) is 12.4. The largest absolute Gasteiger partial charge is 0.356 e. The molecule has 0 bridgehead atoms. The van der Waals surface area contributed by atoms with Gasteiger partial charge in [-0.25, -0.2) is 12.8 Å². The molecule has 2 aromatic rings. The summed E-state index contributed by atoms with van der Waals surface area (Å²) in [5.41, 5.74) is 2.44. The molecule has 2 N–H and O–H groups in total. The van der Waals surface area contributed by atoms with Crippen LogP contribution in [0.4, 0.5) is 4.39 Å². The molecule has 0 unspecified atom stereocenters. The summed E-state index contributed by atoms with van der Waals surface area (Å²) in [6.07, 6.45) is 1.78. The lowest BCUT2D eigenvalue weighted by atomic mass is 10.1. The Morgan fingerprint density at radius 2 is 1.67 bits per heavy atom. The van der Waals surface area contributed by atoms with Crippen molar-refractivity contribution in [2.45, 2.75) is 18.7 Å². The Kier molecular flexibility index (Phi) is 9.71. The molecule has 5 nitrogen and oxygen atoms in total. The van der Waals surface area contributed by atoms with E-state index in [9.17, 15) is 12.8 Å². The topological polar surface area (TPSA) is 70.6 Å². The van der Waals surface area contributed by atoms with E-state index in [1.54, 1.807) is 19.2 Å². The van der Waals surface area contributed by atoms with E-state index in [1.807, 2.05) is 30.3 Å². The van der Waals surface area contributed by atoms with Crippen LogP contribution in [0.5, 0.6) is 0 Å². The zero-order valence-electron chi connectivity index (χ0n) is 15.4. The van der Waals surface area contributed by atoms with Gasteiger partial charge in [-0.15, -0.1) is 24.0 Å². The SMILES string of the molecule is CN=C(NCCc1ccccc1F)NCc1ccc(CS(C)(=O)=O)cc1.I. The molecule has 8 heteroatoms. The van der Waals surface area contributed by atoms with Gasteiger partial charge in [-0.05, 0) is 29.2 Å². The van der Waals surface area contributed by atoms with E-state index in [-0.39, 0.29) is 35.5 Å². The van der Waals surface area contributed by atoms with Gasteiger partial charge in [0.1, 0.15) is 5.82 Å². The zero-order valence-corrected chi connectivity index (χ0v) is 18.6. The first-order valence-corrected chi connectivity index (χ1v) is 10.4. The second kappa shape index (κ2) is 11.2. The van der Waals surface area contributed by atoms with Gasteiger partial charge >= 0.3 is 0 Å². The first-order valence-electron chi connectivity index (χ1n) is 8.31. The third-order valence-corrected chi connectivity index (χ3v) is 4.64. The van der Waals surface area contributed by atoms with Gasteiger partial charge in [0, 0.05) is 26.4 Å². The van der Waals surface area contributed by atoms with E-state index in [2.05, 4.69) is 15.6 Å². The van der Waals surface area contributed by atoms with Crippen molar-refractivity contribution in [2.24, 2.45) is 4.99 Å². The lowest BCUT2D eigenvalue weighted by Crippen LogP contribution is -2.37. The highest BCUT2D eigenvalue weighted by Crippen LogP contribution is 2.08. The molecular weight excluding hydrogens is 480 g/mol. The minimum Gasteiger partial charge on any atom is -0.356 e. The third-order valence-electron chi connectivity index (χ3n) is 3.78. The molecule has 0 aliphatic heterocycles. The average molecular weight is 505 g/mol. The van der Waals surface area contributed by atoms with Crippen molar-refractivity contribution < 1.29 is 12.8 Å². The third kappa shape index (κ3) is 8.70. The van der Waals surface area contributed by atoms with Crippen molar-refractivity contribution in [3.8, 4) is 0 Å². The van der Waals surface area contributed by atoms with E-state index in [1.165, 1.54) is 12.3 Å². The number of sulfone groups is 1. The van der Waals surface area contributed by atoms with Crippen molar-refractivity contribution in [3.05, 3.63) is 71.0 Å². The standard InChI is InChI=1S/C19H24FN3O2S.HI/c1-21-19(22-12-11-17-5-3-4-6-18(17)20)23-13-15-7-9-16(10-8-15)14-26(2,24)25;/h3-10H,11-14H2,1-2H3,(H2,21,22,23);1H. The number of benzene rings is 2. The molecule has 148 valence electrons. The first kappa shape index (κ1) is 23.4. The molecular formula is C19H25FIN3O2S. The molecule has 0 saturated carbocycles. The van der Waals surface area contributed by atoms with Crippen LogP contribution in [0.15, 0.2) is 53.5 Å². The number of aliphatic imine (C=N–C) groups is 1. The highest BCUT2D eigenvalue weighted by Gasteiger charge is 2.05. The summed E-state index contributed by atoms with van der Waals surface area (Å²) >= 11 is 0. The Labute approximate surface area is 177 Å². The fourth-order valence-electron chi connectivity index (χ4n) is 2.48. The average Bonchev–Trinajstić information content (AvgIpc) is 2.59.